The molecule has 15 heteroatoms. The largest absolute Gasteiger partial charge is 0.454 e. The lowest BCUT2D eigenvalue weighted by molar-refractivity contribution is 0.0497. The fourth-order valence-electron chi connectivity index (χ4n) is 6.08. The normalized spacial score (nSPS) is 14.9. The van der Waals surface area contributed by atoms with Crippen LogP contribution in [0.15, 0.2) is 60.9 Å². The molecule has 1 amide bonds. The van der Waals surface area contributed by atoms with Crippen molar-refractivity contribution in [3.8, 4) is 46.8 Å². The van der Waals surface area contributed by atoms with Crippen molar-refractivity contribution in [3.63, 3.8) is 0 Å². The van der Waals surface area contributed by atoms with Gasteiger partial charge in [-0.2, -0.15) is 0 Å². The summed E-state index contributed by atoms with van der Waals surface area (Å²) in [4.78, 5) is 25.2. The fraction of sp³-hybridized carbons (Fsp3) is 0.386. The first-order valence-electron chi connectivity index (χ1n) is 19.4. The molecule has 10 nitrogen and oxygen atoms in total. The molecule has 2 saturated heterocycles. The van der Waals surface area contributed by atoms with Crippen LogP contribution in [-0.4, -0.2) is 68.0 Å². The minimum atomic E-state index is -1.48. The number of alkyl carbamates (subject to hydrolysis) is 1. The lowest BCUT2D eigenvalue weighted by Gasteiger charge is -2.34. The lowest BCUT2D eigenvalue weighted by atomic mass is 10.1. The average Bonchev–Trinajstić information content (AvgIpc) is 3.17. The zero-order valence-electron chi connectivity index (χ0n) is 34.2. The Morgan fingerprint density at radius 3 is 1.71 bits per heavy atom. The van der Waals surface area contributed by atoms with Crippen LogP contribution in [0, 0.1) is 23.8 Å². The molecule has 0 bridgehead atoms. The minimum absolute atomic E-state index is 0.0423. The number of benzene rings is 2. The first kappa shape index (κ1) is 45.7. The maximum absolute atomic E-state index is 12.1. The number of amides is 1. The van der Waals surface area contributed by atoms with E-state index in [2.05, 4.69) is 62.1 Å². The Morgan fingerprint density at radius 1 is 0.780 bits per heavy atom. The van der Waals surface area contributed by atoms with E-state index in [1.165, 1.54) is 0 Å². The summed E-state index contributed by atoms with van der Waals surface area (Å²) < 4.78 is 17.3. The van der Waals surface area contributed by atoms with E-state index in [-0.39, 0.29) is 12.1 Å². The van der Waals surface area contributed by atoms with Gasteiger partial charge in [0.15, 0.2) is 23.1 Å². The number of pyridine rings is 2. The van der Waals surface area contributed by atoms with Crippen LogP contribution in [0.4, 0.5) is 16.4 Å². The Balaban J connectivity index is 0.000000240. The highest BCUT2D eigenvalue weighted by atomic mass is 35.5. The number of nitrogens with two attached hydrogens (primary N) is 1. The second-order valence-corrected chi connectivity index (χ2v) is 22.6. The Hall–Kier alpha value is -4.33. The highest BCUT2D eigenvalue weighted by Gasteiger charge is 2.27. The van der Waals surface area contributed by atoms with Crippen molar-refractivity contribution in [1.29, 1.82) is 0 Å². The standard InChI is InChI=1S/C26H33Cl2N3O3Si.C18H17Cl2N3O/c1-26(2,3)34-25(32)30-19-10-14-31(15-11-19)24-23(28)22(9-13-29-24)33-21-8-7-18(17-20(21)27)12-16-35(4,5)6;1-2-12-3-4-15(14(19)11-12)24-16-5-8-22-18(17(16)20)23-9-6-13(21)7-10-23/h7-9,13,17,19H,10-11,14-15H2,1-6H3,(H,30,32);1,3-5,8,11,13H,6-7,9-10,21H2. The predicted octanol–water partition coefficient (Wildman–Crippen LogP) is 11.0. The topological polar surface area (TPSA) is 115 Å². The quantitative estimate of drug-likeness (QED) is 0.138. The van der Waals surface area contributed by atoms with Gasteiger partial charge in [0.05, 0.1) is 10.0 Å². The van der Waals surface area contributed by atoms with Crippen molar-refractivity contribution < 1.29 is 19.0 Å². The summed E-state index contributed by atoms with van der Waals surface area (Å²) in [5, 5.41) is 4.73. The van der Waals surface area contributed by atoms with E-state index in [0.717, 1.165) is 44.3 Å². The summed E-state index contributed by atoms with van der Waals surface area (Å²) in [5.41, 5.74) is 10.3. The maximum Gasteiger partial charge on any atom is 0.407 e. The van der Waals surface area contributed by atoms with Gasteiger partial charge in [0, 0.05) is 73.9 Å². The van der Waals surface area contributed by atoms with Gasteiger partial charge < -0.3 is 35.1 Å². The van der Waals surface area contributed by atoms with Gasteiger partial charge in [-0.1, -0.05) is 77.9 Å². The zero-order chi connectivity index (χ0) is 42.9. The summed E-state index contributed by atoms with van der Waals surface area (Å²) in [6.45, 7) is 15.2. The Labute approximate surface area is 369 Å². The van der Waals surface area contributed by atoms with Crippen molar-refractivity contribution in [2.24, 2.45) is 5.73 Å². The highest BCUT2D eigenvalue weighted by molar-refractivity contribution is 6.83. The third-order valence-corrected chi connectivity index (χ3v) is 11.3. The number of nitrogens with zero attached hydrogens (tertiary/aromatic N) is 4. The number of rotatable bonds is 7. The van der Waals surface area contributed by atoms with Crippen molar-refractivity contribution in [3.05, 3.63) is 92.1 Å². The molecule has 2 aliphatic rings. The molecule has 312 valence electrons. The van der Waals surface area contributed by atoms with E-state index >= 15 is 0 Å². The molecule has 6 rings (SSSR count). The number of halogens is 4. The number of hydrogen-bond acceptors (Lipinski definition) is 9. The smallest absolute Gasteiger partial charge is 0.407 e. The van der Waals surface area contributed by atoms with Gasteiger partial charge in [0.25, 0.3) is 0 Å². The first-order valence-corrected chi connectivity index (χ1v) is 24.4. The van der Waals surface area contributed by atoms with E-state index < -0.39 is 19.8 Å². The number of nitrogens with one attached hydrogen (secondary N) is 1. The van der Waals surface area contributed by atoms with E-state index in [1.54, 1.807) is 48.8 Å². The van der Waals surface area contributed by atoms with E-state index in [0.29, 0.717) is 73.4 Å². The van der Waals surface area contributed by atoms with E-state index in [9.17, 15) is 4.79 Å². The summed E-state index contributed by atoms with van der Waals surface area (Å²) in [6, 6.07) is 14.4. The van der Waals surface area contributed by atoms with Crippen molar-refractivity contribution in [1.82, 2.24) is 15.3 Å². The minimum Gasteiger partial charge on any atom is -0.454 e. The first-order chi connectivity index (χ1) is 27.9. The van der Waals surface area contributed by atoms with Crippen LogP contribution < -0.4 is 30.3 Å². The van der Waals surface area contributed by atoms with Crippen LogP contribution in [0.2, 0.25) is 39.7 Å². The fourth-order valence-corrected chi connectivity index (χ4v) is 7.58. The number of aromatic nitrogens is 2. The third kappa shape index (κ3) is 13.6. The van der Waals surface area contributed by atoms with Crippen molar-refractivity contribution in [2.45, 2.75) is 83.8 Å². The van der Waals surface area contributed by atoms with Gasteiger partial charge in [-0.25, -0.2) is 14.8 Å². The third-order valence-electron chi connectivity index (χ3n) is 9.08. The van der Waals surface area contributed by atoms with Gasteiger partial charge >= 0.3 is 6.09 Å². The number of piperidine rings is 2. The van der Waals surface area contributed by atoms with Crippen LogP contribution in [0.3, 0.4) is 0 Å². The highest BCUT2D eigenvalue weighted by Crippen LogP contribution is 2.40. The zero-order valence-corrected chi connectivity index (χ0v) is 38.2. The Kier molecular flexibility index (Phi) is 15.7. The predicted molar refractivity (Wildman–Crippen MR) is 244 cm³/mol. The molecular weight excluding hydrogens is 846 g/mol. The van der Waals surface area contributed by atoms with E-state index in [4.69, 9.17) is 72.8 Å². The summed E-state index contributed by atoms with van der Waals surface area (Å²) >= 11 is 25.9. The molecular formula is C44H50Cl4N6O4Si. The van der Waals surface area contributed by atoms with Crippen molar-refractivity contribution in [2.75, 3.05) is 36.0 Å². The number of anilines is 2. The molecule has 2 fully saturated rings. The number of carbonyl (C=O) groups is 1. The molecule has 2 aromatic carbocycles. The van der Waals surface area contributed by atoms with Gasteiger partial charge in [0.2, 0.25) is 0 Å². The molecule has 4 aromatic rings. The van der Waals surface area contributed by atoms with Crippen molar-refractivity contribution >= 4 is 72.2 Å². The molecule has 3 N–H and O–H groups in total. The SMILES string of the molecule is C#Cc1ccc(Oc2ccnc(N3CCC(N)CC3)c2Cl)c(Cl)c1.CC(C)(C)OC(=O)NC1CCN(c2nccc(Oc3ccc(C#C[Si](C)(C)C)cc3Cl)c2Cl)CC1. The molecule has 0 radical (unpaired) electrons. The molecule has 59 heavy (non-hydrogen) atoms. The number of terminal acetylenes is 1. The summed E-state index contributed by atoms with van der Waals surface area (Å²) in [5.74, 6) is 9.07. The number of hydrogen-bond donors (Lipinski definition) is 2. The summed E-state index contributed by atoms with van der Waals surface area (Å²) in [7, 11) is -1.48. The van der Waals surface area contributed by atoms with Crippen LogP contribution in [0.5, 0.6) is 23.0 Å². The van der Waals surface area contributed by atoms with Gasteiger partial charge in [-0.15, -0.1) is 12.0 Å². The molecule has 0 aliphatic carbocycles. The number of ether oxygens (including phenoxy) is 3. The van der Waals surface area contributed by atoms with Crippen LogP contribution in [-0.2, 0) is 4.74 Å². The lowest BCUT2D eigenvalue weighted by Crippen LogP contribution is -2.46. The molecule has 4 heterocycles. The Morgan fingerprint density at radius 2 is 1.25 bits per heavy atom. The molecule has 2 aromatic heterocycles. The number of carbonyl (C=O) groups excluding carboxylic acids is 1. The second-order valence-electron chi connectivity index (χ2n) is 16.3. The monoisotopic (exact) mass is 894 g/mol. The molecule has 0 atom stereocenters. The van der Waals surface area contributed by atoms with Gasteiger partial charge in [-0.3, -0.25) is 0 Å². The maximum atomic E-state index is 12.1. The van der Waals surface area contributed by atoms with Gasteiger partial charge in [-0.05, 0) is 82.9 Å². The summed E-state index contributed by atoms with van der Waals surface area (Å²) in [6.07, 6.45) is 11.7. The molecule has 2 aliphatic heterocycles. The second kappa shape index (κ2) is 20.3. The molecule has 0 saturated carbocycles. The Bertz CT molecular complexity index is 2210. The van der Waals surface area contributed by atoms with E-state index in [1.807, 2.05) is 32.9 Å². The van der Waals surface area contributed by atoms with Crippen LogP contribution in [0.25, 0.3) is 0 Å². The average molecular weight is 897 g/mol. The van der Waals surface area contributed by atoms with Crippen LogP contribution >= 0.6 is 46.4 Å². The van der Waals surface area contributed by atoms with Gasteiger partial charge in [0.1, 0.15) is 35.2 Å². The molecule has 0 spiro atoms. The van der Waals surface area contributed by atoms with Crippen LogP contribution in [0.1, 0.15) is 57.6 Å². The molecule has 0 unspecified atom stereocenters.